The molecule has 0 aliphatic rings. The van der Waals surface area contributed by atoms with Crippen molar-refractivity contribution in [3.05, 3.63) is 53.6 Å². The van der Waals surface area contributed by atoms with Crippen molar-refractivity contribution < 1.29 is 4.74 Å². The summed E-state index contributed by atoms with van der Waals surface area (Å²) in [6.45, 7) is 0. The van der Waals surface area contributed by atoms with Crippen molar-refractivity contribution in [1.82, 2.24) is 14.8 Å². The first-order valence-electron chi connectivity index (χ1n) is 7.21. The number of benzene rings is 2. The van der Waals surface area contributed by atoms with E-state index in [0.717, 1.165) is 27.2 Å². The summed E-state index contributed by atoms with van der Waals surface area (Å²) in [6.07, 6.45) is 0. The van der Waals surface area contributed by atoms with Gasteiger partial charge in [0, 0.05) is 11.6 Å². The first-order valence-corrected chi connectivity index (χ1v) is 8.40. The molecular weight excluding hydrogens is 344 g/mol. The maximum atomic E-state index is 6.20. The van der Waals surface area contributed by atoms with Crippen LogP contribution in [0.1, 0.15) is 0 Å². The highest BCUT2D eigenvalue weighted by Crippen LogP contribution is 2.32. The molecule has 2 aromatic heterocycles. The lowest BCUT2D eigenvalue weighted by atomic mass is 10.1. The van der Waals surface area contributed by atoms with Gasteiger partial charge in [-0.1, -0.05) is 29.0 Å². The molecule has 0 radical (unpaired) electrons. The van der Waals surface area contributed by atoms with Crippen LogP contribution < -0.4 is 10.5 Å². The minimum absolute atomic E-state index is 0.524. The van der Waals surface area contributed by atoms with Crippen molar-refractivity contribution in [3.63, 3.8) is 0 Å². The summed E-state index contributed by atoms with van der Waals surface area (Å²) < 4.78 is 7.82. The minimum Gasteiger partial charge on any atom is -0.497 e. The number of hydrogen-bond acceptors (Lipinski definition) is 5. The Morgan fingerprint density at radius 1 is 1.17 bits per heavy atom. The van der Waals surface area contributed by atoms with Crippen LogP contribution in [0.25, 0.3) is 26.6 Å². The Kier molecular flexibility index (Phi) is 3.63. The zero-order valence-corrected chi connectivity index (χ0v) is 14.3. The van der Waals surface area contributed by atoms with Gasteiger partial charge in [-0.05, 0) is 36.4 Å². The molecule has 2 heterocycles. The number of hydrogen-bond donors (Lipinski definition) is 1. The van der Waals surface area contributed by atoms with E-state index in [9.17, 15) is 0 Å². The summed E-state index contributed by atoms with van der Waals surface area (Å²) in [6, 6.07) is 15.2. The second-order valence-electron chi connectivity index (χ2n) is 5.18. The number of anilines is 1. The Balaban J connectivity index is 1.78. The fourth-order valence-electron chi connectivity index (χ4n) is 2.45. The van der Waals surface area contributed by atoms with Gasteiger partial charge >= 0.3 is 0 Å². The summed E-state index contributed by atoms with van der Waals surface area (Å²) in [7, 11) is 1.64. The van der Waals surface area contributed by atoms with Crippen molar-refractivity contribution in [2.75, 3.05) is 12.8 Å². The van der Waals surface area contributed by atoms with Gasteiger partial charge in [-0.2, -0.15) is 9.78 Å². The van der Waals surface area contributed by atoms with Crippen molar-refractivity contribution in [2.45, 2.75) is 0 Å². The van der Waals surface area contributed by atoms with Crippen LogP contribution in [0.3, 0.4) is 0 Å². The maximum Gasteiger partial charge on any atom is 0.213 e. The number of thiazole rings is 1. The lowest BCUT2D eigenvalue weighted by Gasteiger charge is -2.00. The molecule has 24 heavy (non-hydrogen) atoms. The van der Waals surface area contributed by atoms with Crippen LogP contribution in [0.2, 0.25) is 5.02 Å². The molecule has 5 nitrogen and oxygen atoms in total. The predicted molar refractivity (Wildman–Crippen MR) is 98.2 cm³/mol. The van der Waals surface area contributed by atoms with Gasteiger partial charge < -0.3 is 10.5 Å². The Morgan fingerprint density at radius 3 is 2.67 bits per heavy atom. The van der Waals surface area contributed by atoms with E-state index in [0.29, 0.717) is 16.0 Å². The number of nitrogen functional groups attached to an aromatic ring is 1. The molecular formula is C17H13ClN4OS. The quantitative estimate of drug-likeness (QED) is 0.591. The normalized spacial score (nSPS) is 11.1. The van der Waals surface area contributed by atoms with E-state index in [4.69, 9.17) is 22.1 Å². The highest BCUT2D eigenvalue weighted by Gasteiger charge is 2.14. The van der Waals surface area contributed by atoms with E-state index in [1.165, 1.54) is 11.3 Å². The van der Waals surface area contributed by atoms with Crippen LogP contribution >= 0.6 is 22.9 Å². The number of aromatic nitrogens is 3. The molecule has 4 aromatic rings. The average molecular weight is 357 g/mol. The van der Waals surface area contributed by atoms with Crippen molar-refractivity contribution in [3.8, 4) is 22.1 Å². The highest BCUT2D eigenvalue weighted by atomic mass is 35.5. The van der Waals surface area contributed by atoms with E-state index < -0.39 is 0 Å². The molecule has 0 atom stereocenters. The van der Waals surface area contributed by atoms with Crippen LogP contribution in [0, 0.1) is 0 Å². The molecule has 0 aliphatic heterocycles. The molecule has 2 N–H and O–H groups in total. The topological polar surface area (TPSA) is 66.0 Å². The van der Waals surface area contributed by atoms with Crippen LogP contribution in [0.4, 0.5) is 5.82 Å². The second-order valence-corrected chi connectivity index (χ2v) is 6.59. The molecule has 0 saturated heterocycles. The van der Waals surface area contributed by atoms with E-state index in [-0.39, 0.29) is 0 Å². The number of nitrogens with two attached hydrogens (primary N) is 1. The molecule has 0 fully saturated rings. The maximum absolute atomic E-state index is 6.20. The minimum atomic E-state index is 0.524. The van der Waals surface area contributed by atoms with Gasteiger partial charge in [0.15, 0.2) is 0 Å². The fraction of sp³-hybridized carbons (Fsp3) is 0.0588. The summed E-state index contributed by atoms with van der Waals surface area (Å²) >= 11 is 7.70. The Morgan fingerprint density at radius 2 is 1.96 bits per heavy atom. The standard InChI is InChI=1S/C17H13ClN4OS/c1-23-11-7-5-10(6-8-11)13-9-15(19)22(21-13)17-20-16-12(18)3-2-4-14(16)24-17/h2-9H,19H2,1H3. The monoisotopic (exact) mass is 356 g/mol. The zero-order valence-electron chi connectivity index (χ0n) is 12.7. The van der Waals surface area contributed by atoms with E-state index in [1.807, 2.05) is 48.5 Å². The van der Waals surface area contributed by atoms with Gasteiger partial charge in [0.1, 0.15) is 17.1 Å². The number of halogens is 1. The van der Waals surface area contributed by atoms with Gasteiger partial charge in [0.05, 0.1) is 22.5 Å². The van der Waals surface area contributed by atoms with E-state index in [1.54, 1.807) is 11.8 Å². The number of methoxy groups -OCH3 is 1. The van der Waals surface area contributed by atoms with E-state index >= 15 is 0 Å². The van der Waals surface area contributed by atoms with Crippen molar-refractivity contribution >= 4 is 39.0 Å². The molecule has 7 heteroatoms. The van der Waals surface area contributed by atoms with Gasteiger partial charge in [-0.15, -0.1) is 0 Å². The fourth-order valence-corrected chi connectivity index (χ4v) is 3.68. The van der Waals surface area contributed by atoms with Gasteiger partial charge in [-0.3, -0.25) is 0 Å². The summed E-state index contributed by atoms with van der Waals surface area (Å²) in [4.78, 5) is 4.56. The SMILES string of the molecule is COc1ccc(-c2cc(N)n(-c3nc4c(Cl)cccc4s3)n2)cc1. The molecule has 0 aliphatic carbocycles. The van der Waals surface area contributed by atoms with Gasteiger partial charge in [0.2, 0.25) is 5.13 Å². The average Bonchev–Trinajstić information content (AvgIpc) is 3.19. The summed E-state index contributed by atoms with van der Waals surface area (Å²) in [5.41, 5.74) is 8.64. The first-order chi connectivity index (χ1) is 11.7. The molecule has 0 amide bonds. The third kappa shape index (κ3) is 2.50. The number of nitrogens with zero attached hydrogens (tertiary/aromatic N) is 3. The summed E-state index contributed by atoms with van der Waals surface area (Å²) in [5.74, 6) is 1.32. The Hall–Kier alpha value is -2.57. The number of fused-ring (bicyclic) bond motifs is 1. The lowest BCUT2D eigenvalue weighted by molar-refractivity contribution is 0.415. The van der Waals surface area contributed by atoms with Crippen LogP contribution in [-0.2, 0) is 0 Å². The molecule has 0 saturated carbocycles. The van der Waals surface area contributed by atoms with E-state index in [2.05, 4.69) is 10.1 Å². The third-order valence-electron chi connectivity index (χ3n) is 3.66. The number of ether oxygens (including phenoxy) is 1. The number of rotatable bonds is 3. The lowest BCUT2D eigenvalue weighted by Crippen LogP contribution is -2.00. The third-order valence-corrected chi connectivity index (χ3v) is 4.96. The number of para-hydroxylation sites is 1. The van der Waals surface area contributed by atoms with Crippen molar-refractivity contribution in [2.24, 2.45) is 0 Å². The van der Waals surface area contributed by atoms with Gasteiger partial charge in [-0.25, -0.2) is 4.98 Å². The molecule has 4 rings (SSSR count). The Bertz CT molecular complexity index is 1020. The Labute approximate surface area is 147 Å². The van der Waals surface area contributed by atoms with Gasteiger partial charge in [0.25, 0.3) is 0 Å². The molecule has 120 valence electrons. The van der Waals surface area contributed by atoms with Crippen LogP contribution in [-0.4, -0.2) is 21.9 Å². The molecule has 2 aromatic carbocycles. The smallest absolute Gasteiger partial charge is 0.213 e. The largest absolute Gasteiger partial charge is 0.497 e. The first kappa shape index (κ1) is 15.0. The predicted octanol–water partition coefficient (Wildman–Crippen LogP) is 4.39. The van der Waals surface area contributed by atoms with Crippen LogP contribution in [0.15, 0.2) is 48.5 Å². The van der Waals surface area contributed by atoms with Crippen LogP contribution in [0.5, 0.6) is 5.75 Å². The van der Waals surface area contributed by atoms with Crippen molar-refractivity contribution in [1.29, 1.82) is 0 Å². The molecule has 0 unspecified atom stereocenters. The summed E-state index contributed by atoms with van der Waals surface area (Å²) in [5, 5.41) is 5.90. The highest BCUT2D eigenvalue weighted by molar-refractivity contribution is 7.20. The molecule has 0 spiro atoms. The zero-order chi connectivity index (χ0) is 16.7. The second kappa shape index (κ2) is 5.81. The molecule has 0 bridgehead atoms.